The minimum atomic E-state index is -2.98. The van der Waals surface area contributed by atoms with Crippen molar-refractivity contribution in [2.24, 2.45) is 0 Å². The summed E-state index contributed by atoms with van der Waals surface area (Å²) in [5.41, 5.74) is 4.11. The summed E-state index contributed by atoms with van der Waals surface area (Å²) in [6, 6.07) is 8.10. The fourth-order valence-electron chi connectivity index (χ4n) is 2.88. The number of carbonyl (C=O) groups is 2. The van der Waals surface area contributed by atoms with Crippen molar-refractivity contribution >= 4 is 23.6 Å². The Balaban J connectivity index is 1.93. The predicted molar refractivity (Wildman–Crippen MR) is 109 cm³/mol. The summed E-state index contributed by atoms with van der Waals surface area (Å²) in [4.78, 5) is 24.0. The average Bonchev–Trinajstić information content (AvgIpc) is 2.67. The SMILES string of the molecule is COc1cc(/C=C/C(=O)OCC(=O)Nc2c(C)cc(C)cc2C)ccc1OC(F)F. The van der Waals surface area contributed by atoms with Crippen molar-refractivity contribution in [3.8, 4) is 11.5 Å². The second-order valence-corrected chi connectivity index (χ2v) is 6.55. The molecule has 0 spiro atoms. The van der Waals surface area contributed by atoms with E-state index in [0.29, 0.717) is 11.3 Å². The molecule has 6 nitrogen and oxygen atoms in total. The quantitative estimate of drug-likeness (QED) is 0.507. The van der Waals surface area contributed by atoms with Gasteiger partial charge in [0, 0.05) is 11.8 Å². The normalized spacial score (nSPS) is 10.9. The third kappa shape index (κ3) is 6.58. The zero-order valence-corrected chi connectivity index (χ0v) is 17.1. The van der Waals surface area contributed by atoms with Crippen LogP contribution in [0.5, 0.6) is 11.5 Å². The largest absolute Gasteiger partial charge is 0.493 e. The lowest BCUT2D eigenvalue weighted by atomic mass is 10.1. The van der Waals surface area contributed by atoms with Crippen molar-refractivity contribution in [2.75, 3.05) is 19.0 Å². The number of halogens is 2. The number of ether oxygens (including phenoxy) is 3. The van der Waals surface area contributed by atoms with Gasteiger partial charge in [-0.15, -0.1) is 0 Å². The van der Waals surface area contributed by atoms with Gasteiger partial charge in [0.05, 0.1) is 7.11 Å². The second kappa shape index (κ2) is 10.4. The van der Waals surface area contributed by atoms with Gasteiger partial charge in [-0.3, -0.25) is 4.79 Å². The van der Waals surface area contributed by atoms with Gasteiger partial charge in [0.1, 0.15) is 0 Å². The van der Waals surface area contributed by atoms with Crippen molar-refractivity contribution in [2.45, 2.75) is 27.4 Å². The number of methoxy groups -OCH3 is 1. The summed E-state index contributed by atoms with van der Waals surface area (Å²) in [6.07, 6.45) is 2.53. The van der Waals surface area contributed by atoms with E-state index in [2.05, 4.69) is 10.1 Å². The van der Waals surface area contributed by atoms with Crippen LogP contribution in [0.2, 0.25) is 0 Å². The number of anilines is 1. The summed E-state index contributed by atoms with van der Waals surface area (Å²) >= 11 is 0. The first-order chi connectivity index (χ1) is 14.2. The first-order valence-electron chi connectivity index (χ1n) is 9.05. The van der Waals surface area contributed by atoms with E-state index in [1.807, 2.05) is 32.9 Å². The molecule has 0 atom stereocenters. The van der Waals surface area contributed by atoms with E-state index in [1.165, 1.54) is 31.4 Å². The number of esters is 1. The van der Waals surface area contributed by atoms with Crippen LogP contribution < -0.4 is 14.8 Å². The molecule has 30 heavy (non-hydrogen) atoms. The van der Waals surface area contributed by atoms with Crippen LogP contribution >= 0.6 is 0 Å². The maximum absolute atomic E-state index is 12.4. The van der Waals surface area contributed by atoms with E-state index in [4.69, 9.17) is 9.47 Å². The summed E-state index contributed by atoms with van der Waals surface area (Å²) in [6.45, 7) is 2.32. The molecule has 0 saturated carbocycles. The standard InChI is InChI=1S/C22H23F2NO5/c1-13-9-14(2)21(15(3)10-13)25-19(26)12-29-20(27)8-6-16-5-7-17(30-22(23)24)18(11-16)28-4/h5-11,22H,12H2,1-4H3,(H,25,26)/b8-6+. The average molecular weight is 419 g/mol. The molecular formula is C22H23F2NO5. The number of alkyl halides is 2. The molecule has 0 aliphatic carbocycles. The highest BCUT2D eigenvalue weighted by atomic mass is 19.3. The van der Waals surface area contributed by atoms with Gasteiger partial charge < -0.3 is 19.5 Å². The molecule has 0 aliphatic heterocycles. The highest BCUT2D eigenvalue weighted by Gasteiger charge is 2.12. The Labute approximate surface area is 173 Å². The maximum Gasteiger partial charge on any atom is 0.387 e. The van der Waals surface area contributed by atoms with Crippen molar-refractivity contribution in [3.63, 3.8) is 0 Å². The third-order valence-corrected chi connectivity index (χ3v) is 4.10. The van der Waals surface area contributed by atoms with Crippen LogP contribution in [0, 0.1) is 20.8 Å². The van der Waals surface area contributed by atoms with Crippen LogP contribution in [0.1, 0.15) is 22.3 Å². The lowest BCUT2D eigenvalue weighted by Gasteiger charge is -2.12. The Morgan fingerprint density at radius 1 is 1.07 bits per heavy atom. The molecule has 0 aromatic heterocycles. The van der Waals surface area contributed by atoms with Crippen LogP contribution in [0.15, 0.2) is 36.4 Å². The number of benzene rings is 2. The van der Waals surface area contributed by atoms with Crippen LogP contribution in [0.25, 0.3) is 6.08 Å². The molecule has 2 rings (SSSR count). The van der Waals surface area contributed by atoms with E-state index in [1.54, 1.807) is 0 Å². The molecule has 1 N–H and O–H groups in total. The number of hydrogen-bond donors (Lipinski definition) is 1. The van der Waals surface area contributed by atoms with Gasteiger partial charge >= 0.3 is 12.6 Å². The molecule has 1 amide bonds. The van der Waals surface area contributed by atoms with Gasteiger partial charge in [0.2, 0.25) is 0 Å². The molecule has 0 bridgehead atoms. The van der Waals surface area contributed by atoms with Gasteiger partial charge in [-0.1, -0.05) is 23.8 Å². The molecule has 0 fully saturated rings. The highest BCUT2D eigenvalue weighted by molar-refractivity contribution is 5.95. The molecule has 0 radical (unpaired) electrons. The fraction of sp³-hybridized carbons (Fsp3) is 0.273. The van der Waals surface area contributed by atoms with Gasteiger partial charge in [-0.05, 0) is 55.7 Å². The van der Waals surface area contributed by atoms with Crippen LogP contribution in [-0.4, -0.2) is 32.2 Å². The number of nitrogens with one attached hydrogen (secondary N) is 1. The number of amides is 1. The lowest BCUT2D eigenvalue weighted by molar-refractivity contribution is -0.142. The molecule has 0 heterocycles. The monoisotopic (exact) mass is 419 g/mol. The molecule has 8 heteroatoms. The van der Waals surface area contributed by atoms with E-state index < -0.39 is 25.1 Å². The van der Waals surface area contributed by atoms with E-state index in [0.717, 1.165) is 22.8 Å². The topological polar surface area (TPSA) is 73.9 Å². The summed E-state index contributed by atoms with van der Waals surface area (Å²) in [7, 11) is 1.31. The zero-order chi connectivity index (χ0) is 22.3. The number of rotatable bonds is 8. The van der Waals surface area contributed by atoms with Crippen LogP contribution in [0.3, 0.4) is 0 Å². The Kier molecular flexibility index (Phi) is 7.91. The first-order valence-corrected chi connectivity index (χ1v) is 9.05. The zero-order valence-electron chi connectivity index (χ0n) is 17.1. The molecule has 160 valence electrons. The van der Waals surface area contributed by atoms with Crippen molar-refractivity contribution in [1.82, 2.24) is 0 Å². The maximum atomic E-state index is 12.4. The van der Waals surface area contributed by atoms with Gasteiger partial charge in [0.15, 0.2) is 18.1 Å². The highest BCUT2D eigenvalue weighted by Crippen LogP contribution is 2.29. The fourth-order valence-corrected chi connectivity index (χ4v) is 2.88. The van der Waals surface area contributed by atoms with Crippen molar-refractivity contribution < 1.29 is 32.6 Å². The summed E-state index contributed by atoms with van der Waals surface area (Å²) < 4.78 is 39.0. The molecule has 2 aromatic carbocycles. The minimum absolute atomic E-state index is 0.0917. The lowest BCUT2D eigenvalue weighted by Crippen LogP contribution is -2.21. The molecule has 0 aliphatic rings. The second-order valence-electron chi connectivity index (χ2n) is 6.55. The number of carbonyl (C=O) groups excluding carboxylic acids is 2. The van der Waals surface area contributed by atoms with Crippen molar-refractivity contribution in [1.29, 1.82) is 0 Å². The smallest absolute Gasteiger partial charge is 0.387 e. The molecule has 0 unspecified atom stereocenters. The van der Waals surface area contributed by atoms with E-state index in [-0.39, 0.29) is 11.5 Å². The molecular weight excluding hydrogens is 396 g/mol. The van der Waals surface area contributed by atoms with E-state index in [9.17, 15) is 18.4 Å². The Hall–Kier alpha value is -3.42. The number of aryl methyl sites for hydroxylation is 3. The Morgan fingerprint density at radius 2 is 1.73 bits per heavy atom. The van der Waals surface area contributed by atoms with Crippen molar-refractivity contribution in [3.05, 3.63) is 58.7 Å². The third-order valence-electron chi connectivity index (χ3n) is 4.10. The molecule has 2 aromatic rings. The predicted octanol–water partition coefficient (Wildman–Crippen LogP) is 4.42. The summed E-state index contributed by atoms with van der Waals surface area (Å²) in [5.74, 6) is -1.21. The number of hydrogen-bond acceptors (Lipinski definition) is 5. The van der Waals surface area contributed by atoms with Crippen LogP contribution in [0.4, 0.5) is 14.5 Å². The molecule has 0 saturated heterocycles. The van der Waals surface area contributed by atoms with Gasteiger partial charge in [-0.2, -0.15) is 8.78 Å². The van der Waals surface area contributed by atoms with Gasteiger partial charge in [0.25, 0.3) is 5.91 Å². The summed E-state index contributed by atoms with van der Waals surface area (Å²) in [5, 5.41) is 2.74. The minimum Gasteiger partial charge on any atom is -0.493 e. The van der Waals surface area contributed by atoms with Crippen LogP contribution in [-0.2, 0) is 14.3 Å². The van der Waals surface area contributed by atoms with Gasteiger partial charge in [-0.25, -0.2) is 4.79 Å². The Morgan fingerprint density at radius 3 is 2.33 bits per heavy atom. The van der Waals surface area contributed by atoms with E-state index >= 15 is 0 Å². The first kappa shape index (κ1) is 22.9. The Bertz CT molecular complexity index is 934.